The molecule has 3 rings (SSSR count). The lowest BCUT2D eigenvalue weighted by molar-refractivity contribution is -0.145. The number of fused-ring (bicyclic) bond motifs is 1. The number of carbonyl (C=O) groups is 3. The molecular weight excluding hydrogens is 258 g/mol. The van der Waals surface area contributed by atoms with Crippen LogP contribution in [0.4, 0.5) is 0 Å². The molecule has 1 saturated carbocycles. The van der Waals surface area contributed by atoms with Gasteiger partial charge in [0.25, 0.3) is 11.8 Å². The van der Waals surface area contributed by atoms with Crippen LogP contribution in [0.25, 0.3) is 0 Å². The van der Waals surface area contributed by atoms with Gasteiger partial charge in [-0.2, -0.15) is 0 Å². The minimum Gasteiger partial charge on any atom is -0.464 e. The van der Waals surface area contributed by atoms with E-state index in [0.29, 0.717) is 17.0 Å². The largest absolute Gasteiger partial charge is 0.464 e. The quantitative estimate of drug-likeness (QED) is 0.615. The minimum absolute atomic E-state index is 0.00261. The zero-order valence-corrected chi connectivity index (χ0v) is 11.2. The van der Waals surface area contributed by atoms with Crippen LogP contribution in [0.3, 0.4) is 0 Å². The molecule has 1 fully saturated rings. The van der Waals surface area contributed by atoms with Crippen LogP contribution in [0.15, 0.2) is 24.3 Å². The molecule has 104 valence electrons. The molecule has 1 aliphatic heterocycles. The van der Waals surface area contributed by atoms with Gasteiger partial charge < -0.3 is 4.74 Å². The van der Waals surface area contributed by atoms with E-state index in [4.69, 9.17) is 4.74 Å². The third kappa shape index (κ3) is 2.09. The maximum Gasteiger partial charge on any atom is 0.309 e. The third-order valence-corrected chi connectivity index (χ3v) is 3.85. The van der Waals surface area contributed by atoms with Gasteiger partial charge in [-0.3, -0.25) is 19.3 Å². The number of imide groups is 1. The topological polar surface area (TPSA) is 63.7 Å². The molecule has 0 aromatic heterocycles. The molecule has 0 N–H and O–H groups in total. The number of hydrogen-bond donors (Lipinski definition) is 0. The van der Waals surface area contributed by atoms with E-state index >= 15 is 0 Å². The molecule has 5 heteroatoms. The normalized spacial score (nSPS) is 23.8. The molecule has 1 aromatic carbocycles. The molecule has 0 radical (unpaired) electrons. The Morgan fingerprint density at radius 2 is 1.80 bits per heavy atom. The number of esters is 1. The van der Waals surface area contributed by atoms with Crippen molar-refractivity contribution in [3.05, 3.63) is 35.4 Å². The monoisotopic (exact) mass is 273 g/mol. The van der Waals surface area contributed by atoms with Gasteiger partial charge in [-0.05, 0) is 24.5 Å². The highest BCUT2D eigenvalue weighted by Gasteiger charge is 2.41. The first-order valence-electron chi connectivity index (χ1n) is 6.71. The Balaban J connectivity index is 1.58. The molecule has 2 aliphatic rings. The van der Waals surface area contributed by atoms with E-state index in [9.17, 15) is 14.4 Å². The highest BCUT2D eigenvalue weighted by Crippen LogP contribution is 2.38. The average molecular weight is 273 g/mol. The van der Waals surface area contributed by atoms with Crippen LogP contribution in [-0.2, 0) is 9.53 Å². The lowest BCUT2D eigenvalue weighted by Gasteiger charge is -2.13. The summed E-state index contributed by atoms with van der Waals surface area (Å²) in [6, 6.07) is 6.71. The van der Waals surface area contributed by atoms with Crippen LogP contribution in [0.5, 0.6) is 0 Å². The van der Waals surface area contributed by atoms with Crippen molar-refractivity contribution in [1.29, 1.82) is 0 Å². The Morgan fingerprint density at radius 3 is 2.30 bits per heavy atom. The van der Waals surface area contributed by atoms with Crippen molar-refractivity contribution < 1.29 is 19.1 Å². The van der Waals surface area contributed by atoms with E-state index < -0.39 is 0 Å². The first kappa shape index (κ1) is 12.8. The Morgan fingerprint density at radius 1 is 1.25 bits per heavy atom. The highest BCUT2D eigenvalue weighted by atomic mass is 16.5. The van der Waals surface area contributed by atoms with Gasteiger partial charge in [0.1, 0.15) is 6.61 Å². The van der Waals surface area contributed by atoms with Gasteiger partial charge in [-0.25, -0.2) is 0 Å². The lowest BCUT2D eigenvalue weighted by Crippen LogP contribution is -2.33. The van der Waals surface area contributed by atoms with Crippen LogP contribution in [0.1, 0.15) is 34.1 Å². The molecule has 2 atom stereocenters. The number of carbonyl (C=O) groups excluding carboxylic acids is 3. The summed E-state index contributed by atoms with van der Waals surface area (Å²) in [5.74, 6) is -0.476. The maximum absolute atomic E-state index is 12.0. The molecule has 0 unspecified atom stereocenters. The number of rotatable bonds is 4. The van der Waals surface area contributed by atoms with Crippen LogP contribution >= 0.6 is 0 Å². The van der Waals surface area contributed by atoms with Crippen molar-refractivity contribution in [3.8, 4) is 0 Å². The predicted molar refractivity (Wildman–Crippen MR) is 70.0 cm³/mol. The number of hydrogen-bond acceptors (Lipinski definition) is 4. The number of nitrogens with zero attached hydrogens (tertiary/aromatic N) is 1. The van der Waals surface area contributed by atoms with Crippen molar-refractivity contribution in [3.63, 3.8) is 0 Å². The fraction of sp³-hybridized carbons (Fsp3) is 0.400. The first-order chi connectivity index (χ1) is 9.59. The maximum atomic E-state index is 12.0. The predicted octanol–water partition coefficient (Wildman–Crippen LogP) is 1.48. The Hall–Kier alpha value is -2.17. The zero-order chi connectivity index (χ0) is 14.3. The second-order valence-corrected chi connectivity index (χ2v) is 5.29. The van der Waals surface area contributed by atoms with Gasteiger partial charge in [0.05, 0.1) is 23.6 Å². The van der Waals surface area contributed by atoms with Gasteiger partial charge in [-0.15, -0.1) is 0 Å². The number of amides is 2. The molecular formula is C15H15NO4. The van der Waals surface area contributed by atoms with E-state index in [-0.39, 0.29) is 36.9 Å². The molecule has 1 heterocycles. The molecule has 0 spiro atoms. The van der Waals surface area contributed by atoms with E-state index in [2.05, 4.69) is 0 Å². The molecule has 0 bridgehead atoms. The third-order valence-electron chi connectivity index (χ3n) is 3.85. The second kappa shape index (κ2) is 4.74. The molecule has 2 amide bonds. The first-order valence-corrected chi connectivity index (χ1v) is 6.71. The van der Waals surface area contributed by atoms with Crippen molar-refractivity contribution in [2.45, 2.75) is 13.3 Å². The summed E-state index contributed by atoms with van der Waals surface area (Å²) >= 11 is 0. The Bertz CT molecular complexity index is 560. The SMILES string of the molecule is C[C@H]1C[C@@H]1C(=O)OCCN1C(=O)c2ccccc2C1=O. The smallest absolute Gasteiger partial charge is 0.309 e. The zero-order valence-electron chi connectivity index (χ0n) is 11.2. The number of benzene rings is 1. The Labute approximate surface area is 116 Å². The van der Waals surface area contributed by atoms with Crippen LogP contribution in [0.2, 0.25) is 0 Å². The second-order valence-electron chi connectivity index (χ2n) is 5.29. The van der Waals surface area contributed by atoms with Gasteiger partial charge in [-0.1, -0.05) is 19.1 Å². The van der Waals surface area contributed by atoms with Gasteiger partial charge in [0.2, 0.25) is 0 Å². The van der Waals surface area contributed by atoms with Crippen LogP contribution in [0, 0.1) is 11.8 Å². The molecule has 1 aliphatic carbocycles. The summed E-state index contributed by atoms with van der Waals surface area (Å²) < 4.78 is 5.11. The fourth-order valence-electron chi connectivity index (χ4n) is 2.44. The van der Waals surface area contributed by atoms with Crippen LogP contribution < -0.4 is 0 Å². The molecule has 5 nitrogen and oxygen atoms in total. The average Bonchev–Trinajstić information content (AvgIpc) is 3.14. The summed E-state index contributed by atoms with van der Waals surface area (Å²) in [5, 5.41) is 0. The minimum atomic E-state index is -0.318. The molecule has 1 aromatic rings. The summed E-state index contributed by atoms with van der Waals surface area (Å²) in [7, 11) is 0. The Kier molecular flexibility index (Phi) is 3.04. The van der Waals surface area contributed by atoms with E-state index in [1.54, 1.807) is 24.3 Å². The van der Waals surface area contributed by atoms with E-state index in [0.717, 1.165) is 11.3 Å². The fourth-order valence-corrected chi connectivity index (χ4v) is 2.44. The summed E-state index contributed by atoms with van der Waals surface area (Å²) in [6.45, 7) is 2.17. The summed E-state index contributed by atoms with van der Waals surface area (Å²) in [6.07, 6.45) is 0.867. The summed E-state index contributed by atoms with van der Waals surface area (Å²) in [4.78, 5) is 36.8. The van der Waals surface area contributed by atoms with Crippen molar-refractivity contribution in [1.82, 2.24) is 4.90 Å². The number of ether oxygens (including phenoxy) is 1. The van der Waals surface area contributed by atoms with Crippen molar-refractivity contribution in [2.75, 3.05) is 13.2 Å². The van der Waals surface area contributed by atoms with Gasteiger partial charge >= 0.3 is 5.97 Å². The molecule has 20 heavy (non-hydrogen) atoms. The van der Waals surface area contributed by atoms with Gasteiger partial charge in [0.15, 0.2) is 0 Å². The standard InChI is InChI=1S/C15H15NO4/c1-9-8-12(9)15(19)20-7-6-16-13(17)10-4-2-3-5-11(10)14(16)18/h2-5,9,12H,6-8H2,1H3/t9-,12-/m0/s1. The van der Waals surface area contributed by atoms with E-state index in [1.165, 1.54) is 0 Å². The highest BCUT2D eigenvalue weighted by molar-refractivity contribution is 6.21. The lowest BCUT2D eigenvalue weighted by atomic mass is 10.1. The van der Waals surface area contributed by atoms with Gasteiger partial charge in [0, 0.05) is 0 Å². The van der Waals surface area contributed by atoms with Crippen molar-refractivity contribution in [2.24, 2.45) is 11.8 Å². The summed E-state index contributed by atoms with van der Waals surface area (Å²) in [5.41, 5.74) is 0.833. The van der Waals surface area contributed by atoms with E-state index in [1.807, 2.05) is 6.92 Å². The molecule has 0 saturated heterocycles. The van der Waals surface area contributed by atoms with Crippen LogP contribution in [-0.4, -0.2) is 35.8 Å². The van der Waals surface area contributed by atoms with Crippen molar-refractivity contribution >= 4 is 17.8 Å².